The molecule has 0 radical (unpaired) electrons. The van der Waals surface area contributed by atoms with Gasteiger partial charge in [-0.25, -0.2) is 4.79 Å². The fourth-order valence-electron chi connectivity index (χ4n) is 2.45. The van der Waals surface area contributed by atoms with Gasteiger partial charge in [0.25, 0.3) is 0 Å². The minimum absolute atomic E-state index is 0.0536. The lowest BCUT2D eigenvalue weighted by molar-refractivity contribution is -0.137. The number of rotatable bonds is 1. The fourth-order valence-corrected chi connectivity index (χ4v) is 2.45. The van der Waals surface area contributed by atoms with Crippen LogP contribution in [0, 0.1) is 0 Å². The van der Waals surface area contributed by atoms with Gasteiger partial charge in [0.15, 0.2) is 0 Å². The molecule has 2 fully saturated rings. The van der Waals surface area contributed by atoms with E-state index in [1.165, 1.54) is 0 Å². The first-order valence-electron chi connectivity index (χ1n) is 5.53. The van der Waals surface area contributed by atoms with E-state index >= 15 is 0 Å². The maximum atomic E-state index is 11.7. The summed E-state index contributed by atoms with van der Waals surface area (Å²) in [7, 11) is 0. The second kappa shape index (κ2) is 4.29. The van der Waals surface area contributed by atoms with Crippen molar-refractivity contribution in [2.75, 3.05) is 19.6 Å². The van der Waals surface area contributed by atoms with Crippen molar-refractivity contribution in [1.82, 2.24) is 9.80 Å². The second-order valence-corrected chi connectivity index (χ2v) is 4.41. The number of aliphatic hydroxyl groups excluding tert-OH is 1. The predicted octanol–water partition coefficient (Wildman–Crippen LogP) is -0.278. The minimum Gasteiger partial charge on any atom is -0.465 e. The standard InChI is InChI=1S/C10H16N2O4/c13-8-2-1-7(5-8)12-4-3-11(10(15)16)6-9(12)14/h7-8,13H,1-6H2,(H,15,16). The summed E-state index contributed by atoms with van der Waals surface area (Å²) >= 11 is 0. The fraction of sp³-hybridized carbons (Fsp3) is 0.800. The molecule has 0 aromatic carbocycles. The van der Waals surface area contributed by atoms with E-state index in [0.29, 0.717) is 19.5 Å². The Hall–Kier alpha value is -1.30. The van der Waals surface area contributed by atoms with Crippen molar-refractivity contribution in [2.24, 2.45) is 0 Å². The van der Waals surface area contributed by atoms with E-state index in [2.05, 4.69) is 0 Å². The van der Waals surface area contributed by atoms with Crippen LogP contribution in [0.25, 0.3) is 0 Å². The largest absolute Gasteiger partial charge is 0.465 e. The van der Waals surface area contributed by atoms with E-state index in [-0.39, 0.29) is 24.6 Å². The van der Waals surface area contributed by atoms with Crippen molar-refractivity contribution in [3.05, 3.63) is 0 Å². The van der Waals surface area contributed by atoms with Crippen molar-refractivity contribution >= 4 is 12.0 Å². The minimum atomic E-state index is -1.04. The number of nitrogens with zero attached hydrogens (tertiary/aromatic N) is 2. The average Bonchev–Trinajstić information content (AvgIpc) is 2.64. The molecule has 0 aromatic heterocycles. The molecular weight excluding hydrogens is 212 g/mol. The van der Waals surface area contributed by atoms with Gasteiger partial charge in [-0.2, -0.15) is 0 Å². The molecule has 1 aliphatic heterocycles. The molecule has 1 aliphatic carbocycles. The summed E-state index contributed by atoms with van der Waals surface area (Å²) in [5.41, 5.74) is 0. The smallest absolute Gasteiger partial charge is 0.407 e. The van der Waals surface area contributed by atoms with E-state index in [9.17, 15) is 14.7 Å². The maximum absolute atomic E-state index is 11.7. The van der Waals surface area contributed by atoms with Gasteiger partial charge in [-0.1, -0.05) is 0 Å². The van der Waals surface area contributed by atoms with Gasteiger partial charge in [0.2, 0.25) is 5.91 Å². The Morgan fingerprint density at radius 1 is 1.31 bits per heavy atom. The molecule has 2 atom stereocenters. The molecule has 0 bridgehead atoms. The molecule has 6 heteroatoms. The van der Waals surface area contributed by atoms with E-state index in [1.807, 2.05) is 0 Å². The van der Waals surface area contributed by atoms with Crippen LogP contribution in [0.5, 0.6) is 0 Å². The number of hydrogen-bond donors (Lipinski definition) is 2. The van der Waals surface area contributed by atoms with Crippen molar-refractivity contribution in [2.45, 2.75) is 31.4 Å². The maximum Gasteiger partial charge on any atom is 0.407 e. The first kappa shape index (κ1) is 11.2. The number of carbonyl (C=O) groups is 2. The summed E-state index contributed by atoms with van der Waals surface area (Å²) < 4.78 is 0. The van der Waals surface area contributed by atoms with Gasteiger partial charge >= 0.3 is 6.09 Å². The monoisotopic (exact) mass is 228 g/mol. The van der Waals surface area contributed by atoms with Crippen LogP contribution < -0.4 is 0 Å². The second-order valence-electron chi connectivity index (χ2n) is 4.41. The summed E-state index contributed by atoms with van der Waals surface area (Å²) in [5, 5.41) is 18.2. The topological polar surface area (TPSA) is 81.1 Å². The van der Waals surface area contributed by atoms with Gasteiger partial charge in [-0.05, 0) is 19.3 Å². The first-order valence-corrected chi connectivity index (χ1v) is 5.53. The van der Waals surface area contributed by atoms with Crippen LogP contribution in [-0.4, -0.2) is 63.8 Å². The van der Waals surface area contributed by atoms with E-state index in [4.69, 9.17) is 5.11 Å². The summed E-state index contributed by atoms with van der Waals surface area (Å²) in [6.07, 6.45) is 0.824. The van der Waals surface area contributed by atoms with E-state index in [0.717, 1.165) is 17.7 Å². The lowest BCUT2D eigenvalue weighted by atomic mass is 10.1. The van der Waals surface area contributed by atoms with Crippen LogP contribution in [0.2, 0.25) is 0 Å². The average molecular weight is 228 g/mol. The molecule has 1 saturated heterocycles. The molecule has 2 N–H and O–H groups in total. The number of aliphatic hydroxyl groups is 1. The SMILES string of the molecule is O=C(O)N1CCN(C2CCC(O)C2)C(=O)C1. The quantitative estimate of drug-likeness (QED) is 0.647. The lowest BCUT2D eigenvalue weighted by Crippen LogP contribution is -2.54. The van der Waals surface area contributed by atoms with Crippen LogP contribution in [0.15, 0.2) is 0 Å². The predicted molar refractivity (Wildman–Crippen MR) is 55.0 cm³/mol. The Balaban J connectivity index is 1.94. The first-order chi connectivity index (χ1) is 7.58. The van der Waals surface area contributed by atoms with Crippen LogP contribution >= 0.6 is 0 Å². The Morgan fingerprint density at radius 2 is 2.06 bits per heavy atom. The molecule has 2 unspecified atom stereocenters. The molecule has 16 heavy (non-hydrogen) atoms. The Labute approximate surface area is 93.4 Å². The third-order valence-electron chi connectivity index (χ3n) is 3.35. The highest BCUT2D eigenvalue weighted by molar-refractivity contribution is 5.83. The zero-order chi connectivity index (χ0) is 11.7. The molecule has 6 nitrogen and oxygen atoms in total. The Morgan fingerprint density at radius 3 is 2.56 bits per heavy atom. The molecule has 1 saturated carbocycles. The highest BCUT2D eigenvalue weighted by atomic mass is 16.4. The third-order valence-corrected chi connectivity index (χ3v) is 3.35. The van der Waals surface area contributed by atoms with Gasteiger partial charge < -0.3 is 15.1 Å². The van der Waals surface area contributed by atoms with E-state index in [1.54, 1.807) is 4.90 Å². The van der Waals surface area contributed by atoms with Crippen molar-refractivity contribution in [3.63, 3.8) is 0 Å². The van der Waals surface area contributed by atoms with Crippen LogP contribution in [-0.2, 0) is 4.79 Å². The van der Waals surface area contributed by atoms with Crippen molar-refractivity contribution < 1.29 is 19.8 Å². The number of carbonyl (C=O) groups excluding carboxylic acids is 1. The molecule has 2 aliphatic rings. The van der Waals surface area contributed by atoms with Gasteiger partial charge in [0.1, 0.15) is 6.54 Å². The zero-order valence-corrected chi connectivity index (χ0v) is 9.00. The van der Waals surface area contributed by atoms with Gasteiger partial charge in [-0.15, -0.1) is 0 Å². The highest BCUT2D eigenvalue weighted by Crippen LogP contribution is 2.25. The van der Waals surface area contributed by atoms with Crippen molar-refractivity contribution in [1.29, 1.82) is 0 Å². The van der Waals surface area contributed by atoms with Gasteiger partial charge in [0, 0.05) is 19.1 Å². The molecule has 2 amide bonds. The summed E-state index contributed by atoms with van der Waals surface area (Å²) in [4.78, 5) is 25.3. The normalized spacial score (nSPS) is 30.9. The molecule has 0 spiro atoms. The van der Waals surface area contributed by atoms with E-state index < -0.39 is 6.09 Å². The molecule has 1 heterocycles. The highest BCUT2D eigenvalue weighted by Gasteiger charge is 2.35. The van der Waals surface area contributed by atoms with Crippen LogP contribution in [0.3, 0.4) is 0 Å². The van der Waals surface area contributed by atoms with Gasteiger partial charge in [0.05, 0.1) is 6.10 Å². The molecule has 0 aromatic rings. The number of piperazine rings is 1. The van der Waals surface area contributed by atoms with Gasteiger partial charge in [-0.3, -0.25) is 9.69 Å². The summed E-state index contributed by atoms with van der Waals surface area (Å²) in [6.45, 7) is 0.762. The Kier molecular flexibility index (Phi) is 3.00. The summed E-state index contributed by atoms with van der Waals surface area (Å²) in [6, 6.07) is 0.0958. The third kappa shape index (κ3) is 2.11. The summed E-state index contributed by atoms with van der Waals surface area (Å²) in [5.74, 6) is -0.146. The Bertz CT molecular complexity index is 307. The molecule has 2 rings (SSSR count). The number of carboxylic acid groups (broad SMARTS) is 1. The van der Waals surface area contributed by atoms with Crippen LogP contribution in [0.4, 0.5) is 4.79 Å². The zero-order valence-electron chi connectivity index (χ0n) is 9.00. The number of amides is 2. The van der Waals surface area contributed by atoms with Crippen molar-refractivity contribution in [3.8, 4) is 0 Å². The molecular formula is C10H16N2O4. The number of hydrogen-bond acceptors (Lipinski definition) is 3. The molecule has 90 valence electrons. The lowest BCUT2D eigenvalue weighted by Gasteiger charge is -2.36. The van der Waals surface area contributed by atoms with Crippen LogP contribution in [0.1, 0.15) is 19.3 Å².